The number of aromatic nitrogens is 2. The van der Waals surface area contributed by atoms with E-state index in [1.165, 1.54) is 0 Å². The Hall–Kier alpha value is -2.83. The van der Waals surface area contributed by atoms with Crippen LogP contribution in [0, 0.1) is 0 Å². The highest BCUT2D eigenvalue weighted by Gasteiger charge is 2.24. The minimum atomic E-state index is -0.681. The van der Waals surface area contributed by atoms with Gasteiger partial charge in [-0.15, -0.1) is 0 Å². The largest absolute Gasteiger partial charge is 0.501 e. The highest BCUT2D eigenvalue weighted by Crippen LogP contribution is 2.32. The van der Waals surface area contributed by atoms with E-state index in [4.69, 9.17) is 4.74 Å². The first kappa shape index (κ1) is 17.0. The van der Waals surface area contributed by atoms with E-state index in [-0.39, 0.29) is 18.2 Å². The van der Waals surface area contributed by atoms with Gasteiger partial charge in [-0.2, -0.15) is 0 Å². The summed E-state index contributed by atoms with van der Waals surface area (Å²) in [5.41, 5.74) is -0.126. The Labute approximate surface area is 145 Å². The minimum absolute atomic E-state index is 0.133. The van der Waals surface area contributed by atoms with E-state index in [1.54, 1.807) is 13.2 Å². The zero-order valence-electron chi connectivity index (χ0n) is 14.0. The highest BCUT2D eigenvalue weighted by atomic mass is 16.5. The number of H-pyrrole nitrogens is 1. The summed E-state index contributed by atoms with van der Waals surface area (Å²) in [6.07, 6.45) is 4.00. The third kappa shape index (κ3) is 3.65. The van der Waals surface area contributed by atoms with Crippen LogP contribution in [0.15, 0.2) is 29.1 Å². The van der Waals surface area contributed by atoms with Crippen LogP contribution in [0.25, 0.3) is 0 Å². The summed E-state index contributed by atoms with van der Waals surface area (Å²) >= 11 is 0. The molecule has 1 amide bonds. The molecule has 1 saturated carbocycles. The Morgan fingerprint density at radius 3 is 2.80 bits per heavy atom. The zero-order chi connectivity index (χ0) is 17.8. The summed E-state index contributed by atoms with van der Waals surface area (Å²) in [6, 6.07) is 7.30. The van der Waals surface area contributed by atoms with E-state index in [2.05, 4.69) is 15.3 Å². The van der Waals surface area contributed by atoms with Crippen molar-refractivity contribution in [3.8, 4) is 11.5 Å². The van der Waals surface area contributed by atoms with Crippen molar-refractivity contribution in [1.29, 1.82) is 0 Å². The van der Waals surface area contributed by atoms with Crippen molar-refractivity contribution in [3.05, 3.63) is 51.7 Å². The van der Waals surface area contributed by atoms with Crippen LogP contribution < -0.4 is 15.6 Å². The molecule has 1 aromatic carbocycles. The van der Waals surface area contributed by atoms with Gasteiger partial charge in [0, 0.05) is 18.0 Å². The maximum atomic E-state index is 12.4. The quantitative estimate of drug-likeness (QED) is 0.771. The predicted molar refractivity (Wildman–Crippen MR) is 91.9 cm³/mol. The fourth-order valence-corrected chi connectivity index (χ4v) is 3.14. The number of amides is 1. The Kier molecular flexibility index (Phi) is 5.02. The smallest absolute Gasteiger partial charge is 0.293 e. The summed E-state index contributed by atoms with van der Waals surface area (Å²) in [5, 5.41) is 12.6. The molecule has 0 unspecified atom stereocenters. The average Bonchev–Trinajstić information content (AvgIpc) is 3.16. The number of para-hydroxylation sites is 1. The highest BCUT2D eigenvalue weighted by molar-refractivity contribution is 5.94. The molecule has 0 atom stereocenters. The molecular formula is C18H21N3O4. The monoisotopic (exact) mass is 343 g/mol. The van der Waals surface area contributed by atoms with E-state index in [1.807, 2.05) is 18.2 Å². The van der Waals surface area contributed by atoms with Crippen LogP contribution in [0.4, 0.5) is 0 Å². The van der Waals surface area contributed by atoms with E-state index in [0.717, 1.165) is 31.2 Å². The number of carbonyl (C=O) groups excluding carboxylic acids is 1. The number of aromatic hydroxyl groups is 1. The number of hydrogen-bond acceptors (Lipinski definition) is 5. The molecule has 1 fully saturated rings. The lowest BCUT2D eigenvalue weighted by molar-refractivity contribution is 0.0941. The second-order valence-corrected chi connectivity index (χ2v) is 6.12. The number of carbonyl (C=O) groups is 1. The number of nitrogens with zero attached hydrogens (tertiary/aromatic N) is 1. The molecule has 7 nitrogen and oxygen atoms in total. The first-order chi connectivity index (χ1) is 12.1. The van der Waals surface area contributed by atoms with Crippen LogP contribution in [0.2, 0.25) is 0 Å². The molecule has 1 aliphatic rings. The van der Waals surface area contributed by atoms with E-state index in [0.29, 0.717) is 11.6 Å². The Morgan fingerprint density at radius 1 is 1.36 bits per heavy atom. The van der Waals surface area contributed by atoms with Gasteiger partial charge in [0.2, 0.25) is 5.75 Å². The van der Waals surface area contributed by atoms with Gasteiger partial charge in [0.05, 0.1) is 7.11 Å². The number of nitrogens with one attached hydrogen (secondary N) is 2. The fraction of sp³-hybridized carbons (Fsp3) is 0.389. The van der Waals surface area contributed by atoms with Crippen molar-refractivity contribution in [1.82, 2.24) is 15.3 Å². The van der Waals surface area contributed by atoms with Gasteiger partial charge in [0.15, 0.2) is 5.69 Å². The molecule has 1 heterocycles. The molecule has 1 aliphatic carbocycles. The van der Waals surface area contributed by atoms with Gasteiger partial charge in [-0.1, -0.05) is 31.0 Å². The normalized spacial score (nSPS) is 14.4. The van der Waals surface area contributed by atoms with E-state index in [9.17, 15) is 14.7 Å². The number of aromatic amines is 1. The summed E-state index contributed by atoms with van der Waals surface area (Å²) in [6.45, 7) is 0.204. The topological polar surface area (TPSA) is 104 Å². The minimum Gasteiger partial charge on any atom is -0.501 e. The maximum absolute atomic E-state index is 12.4. The van der Waals surface area contributed by atoms with Gasteiger partial charge in [-0.05, 0) is 18.9 Å². The van der Waals surface area contributed by atoms with Gasteiger partial charge in [0.1, 0.15) is 11.6 Å². The molecule has 2 aromatic rings. The summed E-state index contributed by atoms with van der Waals surface area (Å²) in [5.74, 6) is 0.0161. The Balaban J connectivity index is 1.80. The van der Waals surface area contributed by atoms with Gasteiger partial charge < -0.3 is 20.1 Å². The molecule has 0 saturated heterocycles. The number of hydrogen-bond donors (Lipinski definition) is 3. The number of benzene rings is 1. The van der Waals surface area contributed by atoms with E-state index < -0.39 is 17.2 Å². The molecule has 7 heteroatoms. The molecule has 25 heavy (non-hydrogen) atoms. The molecule has 0 bridgehead atoms. The lowest BCUT2D eigenvalue weighted by Crippen LogP contribution is -2.27. The van der Waals surface area contributed by atoms with Gasteiger partial charge in [-0.25, -0.2) is 4.98 Å². The molecule has 3 rings (SSSR count). The van der Waals surface area contributed by atoms with Crippen LogP contribution in [-0.2, 0) is 6.54 Å². The van der Waals surface area contributed by atoms with Crippen molar-refractivity contribution in [2.24, 2.45) is 0 Å². The van der Waals surface area contributed by atoms with Gasteiger partial charge in [-0.3, -0.25) is 9.59 Å². The Morgan fingerprint density at radius 2 is 2.08 bits per heavy atom. The molecule has 0 aliphatic heterocycles. The lowest BCUT2D eigenvalue weighted by atomic mass is 10.1. The molecule has 3 N–H and O–H groups in total. The van der Waals surface area contributed by atoms with Crippen LogP contribution >= 0.6 is 0 Å². The molecule has 0 spiro atoms. The Bertz CT molecular complexity index is 825. The molecule has 1 aromatic heterocycles. The maximum Gasteiger partial charge on any atom is 0.293 e. The molecular weight excluding hydrogens is 322 g/mol. The average molecular weight is 343 g/mol. The number of rotatable bonds is 5. The van der Waals surface area contributed by atoms with Gasteiger partial charge in [0.25, 0.3) is 11.5 Å². The molecule has 0 radical (unpaired) electrons. The second-order valence-electron chi connectivity index (χ2n) is 6.12. The number of methoxy groups -OCH3 is 1. The third-order valence-corrected chi connectivity index (χ3v) is 4.50. The summed E-state index contributed by atoms with van der Waals surface area (Å²) in [7, 11) is 1.55. The van der Waals surface area contributed by atoms with Gasteiger partial charge >= 0.3 is 0 Å². The van der Waals surface area contributed by atoms with Crippen molar-refractivity contribution >= 4 is 5.91 Å². The first-order valence-electron chi connectivity index (χ1n) is 8.33. The van der Waals surface area contributed by atoms with Crippen LogP contribution in [0.5, 0.6) is 11.5 Å². The van der Waals surface area contributed by atoms with Crippen LogP contribution in [0.1, 0.15) is 53.5 Å². The second kappa shape index (κ2) is 7.38. The van der Waals surface area contributed by atoms with Crippen molar-refractivity contribution in [2.75, 3.05) is 7.11 Å². The number of ether oxygens (including phenoxy) is 1. The van der Waals surface area contributed by atoms with Crippen molar-refractivity contribution in [2.45, 2.75) is 38.1 Å². The standard InChI is InChI=1S/C18H21N3O4/c1-25-13-9-5-4-8-12(13)10-19-17(23)14-15(22)18(24)21-16(20-14)11-6-2-3-7-11/h4-5,8-9,11,22H,2-3,6-7,10H2,1H3,(H,19,23)(H,20,21,24). The summed E-state index contributed by atoms with van der Waals surface area (Å²) in [4.78, 5) is 31.2. The fourth-order valence-electron chi connectivity index (χ4n) is 3.14. The first-order valence-corrected chi connectivity index (χ1v) is 8.33. The van der Waals surface area contributed by atoms with Crippen LogP contribution in [-0.4, -0.2) is 28.1 Å². The SMILES string of the molecule is COc1ccccc1CNC(=O)c1nc(C2CCCC2)[nH]c(=O)c1O. The molecule has 132 valence electrons. The van der Waals surface area contributed by atoms with Crippen molar-refractivity contribution < 1.29 is 14.6 Å². The third-order valence-electron chi connectivity index (χ3n) is 4.50. The van der Waals surface area contributed by atoms with Crippen molar-refractivity contribution in [3.63, 3.8) is 0 Å². The van der Waals surface area contributed by atoms with Crippen LogP contribution in [0.3, 0.4) is 0 Å². The zero-order valence-corrected chi connectivity index (χ0v) is 14.0. The summed E-state index contributed by atoms with van der Waals surface area (Å²) < 4.78 is 5.24. The lowest BCUT2D eigenvalue weighted by Gasteiger charge is -2.12. The predicted octanol–water partition coefficient (Wildman–Crippen LogP) is 2.07. The van der Waals surface area contributed by atoms with E-state index >= 15 is 0 Å².